The van der Waals surface area contributed by atoms with Crippen LogP contribution in [0.4, 0.5) is 0 Å². The summed E-state index contributed by atoms with van der Waals surface area (Å²) < 4.78 is 5.54. The predicted octanol–water partition coefficient (Wildman–Crippen LogP) is 3.87. The number of para-hydroxylation sites is 1. The van der Waals surface area contributed by atoms with Crippen LogP contribution in [0.3, 0.4) is 0 Å². The molecule has 1 aromatic carbocycles. The van der Waals surface area contributed by atoms with Crippen molar-refractivity contribution < 1.29 is 9.53 Å². The van der Waals surface area contributed by atoms with Gasteiger partial charge in [-0.25, -0.2) is 0 Å². The van der Waals surface area contributed by atoms with Gasteiger partial charge in [0.25, 0.3) is 0 Å². The van der Waals surface area contributed by atoms with Crippen LogP contribution in [0, 0.1) is 29.6 Å². The van der Waals surface area contributed by atoms with Gasteiger partial charge in [-0.15, -0.1) is 0 Å². The third kappa shape index (κ3) is 2.20. The molecule has 128 valence electrons. The molecule has 0 aliphatic heterocycles. The Balaban J connectivity index is 1.37. The second-order valence-electron chi connectivity index (χ2n) is 8.73. The number of nitrogens with one attached hydrogen (secondary N) is 1. The zero-order valence-electron chi connectivity index (χ0n) is 14.5. The lowest BCUT2D eigenvalue weighted by atomic mass is 9.51. The minimum absolute atomic E-state index is 0.168. The van der Waals surface area contributed by atoms with Crippen LogP contribution >= 0.6 is 0 Å². The SMILES string of the molecule is COc1ccccc1C1(NC(=O)C2C3CC4CC(C3)CC2C4)CC1. The fourth-order valence-corrected chi connectivity index (χ4v) is 6.30. The first-order chi connectivity index (χ1) is 11.7. The molecule has 3 heteroatoms. The number of rotatable bonds is 4. The van der Waals surface area contributed by atoms with Crippen molar-refractivity contribution in [1.29, 1.82) is 0 Å². The average Bonchev–Trinajstić information content (AvgIpc) is 3.34. The molecule has 1 aromatic rings. The van der Waals surface area contributed by atoms with E-state index >= 15 is 0 Å². The Morgan fingerprint density at radius 2 is 1.67 bits per heavy atom. The largest absolute Gasteiger partial charge is 0.496 e. The first-order valence-corrected chi connectivity index (χ1v) is 9.64. The molecule has 0 heterocycles. The highest BCUT2D eigenvalue weighted by atomic mass is 16.5. The molecule has 0 spiro atoms. The molecule has 5 saturated carbocycles. The number of carbonyl (C=O) groups is 1. The van der Waals surface area contributed by atoms with E-state index in [0.29, 0.717) is 17.7 Å². The van der Waals surface area contributed by atoms with Crippen LogP contribution in [0.5, 0.6) is 5.75 Å². The molecule has 24 heavy (non-hydrogen) atoms. The van der Waals surface area contributed by atoms with Crippen LogP contribution in [-0.2, 0) is 10.3 Å². The second kappa shape index (κ2) is 5.24. The lowest BCUT2D eigenvalue weighted by molar-refractivity contribution is -0.139. The maximum absolute atomic E-state index is 13.2. The second-order valence-corrected chi connectivity index (χ2v) is 8.73. The molecule has 1 N–H and O–H groups in total. The Kier molecular flexibility index (Phi) is 3.23. The monoisotopic (exact) mass is 325 g/mol. The van der Waals surface area contributed by atoms with Gasteiger partial charge in [0.15, 0.2) is 0 Å². The van der Waals surface area contributed by atoms with Crippen LogP contribution in [0.15, 0.2) is 24.3 Å². The highest BCUT2D eigenvalue weighted by Gasteiger charge is 2.54. The molecule has 1 amide bonds. The number of hydrogen-bond acceptors (Lipinski definition) is 2. The average molecular weight is 325 g/mol. The van der Waals surface area contributed by atoms with Crippen molar-refractivity contribution in [2.75, 3.05) is 7.11 Å². The first kappa shape index (κ1) is 14.8. The number of amides is 1. The van der Waals surface area contributed by atoms with Crippen molar-refractivity contribution >= 4 is 5.91 Å². The van der Waals surface area contributed by atoms with Gasteiger partial charge in [0, 0.05) is 11.5 Å². The highest BCUT2D eigenvalue weighted by molar-refractivity contribution is 5.81. The molecule has 3 nitrogen and oxygen atoms in total. The Morgan fingerprint density at radius 1 is 1.04 bits per heavy atom. The van der Waals surface area contributed by atoms with Gasteiger partial charge in [0.05, 0.1) is 12.6 Å². The molecule has 0 atom stereocenters. The van der Waals surface area contributed by atoms with Gasteiger partial charge in [0.2, 0.25) is 5.91 Å². The molecule has 0 radical (unpaired) electrons. The van der Waals surface area contributed by atoms with E-state index in [1.165, 1.54) is 32.1 Å². The van der Waals surface area contributed by atoms with Gasteiger partial charge >= 0.3 is 0 Å². The van der Waals surface area contributed by atoms with Crippen molar-refractivity contribution in [1.82, 2.24) is 5.32 Å². The van der Waals surface area contributed by atoms with Crippen molar-refractivity contribution in [3.8, 4) is 5.75 Å². The highest BCUT2D eigenvalue weighted by Crippen LogP contribution is 2.57. The maximum atomic E-state index is 13.2. The lowest BCUT2D eigenvalue weighted by Gasteiger charge is -2.53. The molecule has 5 fully saturated rings. The van der Waals surface area contributed by atoms with Crippen LogP contribution in [0.2, 0.25) is 0 Å². The third-order valence-corrected chi connectivity index (χ3v) is 7.26. The van der Waals surface area contributed by atoms with Gasteiger partial charge in [0.1, 0.15) is 5.75 Å². The van der Waals surface area contributed by atoms with Gasteiger partial charge in [-0.3, -0.25) is 4.79 Å². The van der Waals surface area contributed by atoms with Crippen molar-refractivity contribution in [2.24, 2.45) is 29.6 Å². The van der Waals surface area contributed by atoms with E-state index in [0.717, 1.165) is 36.0 Å². The zero-order chi connectivity index (χ0) is 16.3. The number of benzene rings is 1. The van der Waals surface area contributed by atoms with E-state index in [9.17, 15) is 4.79 Å². The summed E-state index contributed by atoms with van der Waals surface area (Å²) in [5.41, 5.74) is 0.989. The summed E-state index contributed by atoms with van der Waals surface area (Å²) >= 11 is 0. The van der Waals surface area contributed by atoms with E-state index in [-0.39, 0.29) is 11.5 Å². The zero-order valence-corrected chi connectivity index (χ0v) is 14.5. The number of hydrogen-bond donors (Lipinski definition) is 1. The maximum Gasteiger partial charge on any atom is 0.224 e. The van der Waals surface area contributed by atoms with Crippen LogP contribution in [0.1, 0.15) is 50.5 Å². The molecule has 5 aliphatic rings. The molecule has 5 aliphatic carbocycles. The van der Waals surface area contributed by atoms with E-state index in [1.54, 1.807) is 7.11 Å². The van der Waals surface area contributed by atoms with Crippen LogP contribution in [0.25, 0.3) is 0 Å². The molecule has 0 saturated heterocycles. The third-order valence-electron chi connectivity index (χ3n) is 7.26. The van der Waals surface area contributed by atoms with Crippen LogP contribution < -0.4 is 10.1 Å². The first-order valence-electron chi connectivity index (χ1n) is 9.64. The van der Waals surface area contributed by atoms with E-state index in [4.69, 9.17) is 4.74 Å². The van der Waals surface area contributed by atoms with Crippen molar-refractivity contribution in [2.45, 2.75) is 50.5 Å². The number of ether oxygens (including phenoxy) is 1. The number of carbonyl (C=O) groups excluding carboxylic acids is 1. The summed E-state index contributed by atoms with van der Waals surface area (Å²) in [6.45, 7) is 0. The van der Waals surface area contributed by atoms with Gasteiger partial charge < -0.3 is 10.1 Å². The fraction of sp³-hybridized carbons (Fsp3) is 0.667. The summed E-state index contributed by atoms with van der Waals surface area (Å²) in [5, 5.41) is 3.47. The van der Waals surface area contributed by atoms with Crippen molar-refractivity contribution in [3.05, 3.63) is 29.8 Å². The van der Waals surface area contributed by atoms with Gasteiger partial charge in [-0.05, 0) is 74.7 Å². The molecular weight excluding hydrogens is 298 g/mol. The predicted molar refractivity (Wildman–Crippen MR) is 92.6 cm³/mol. The molecular formula is C21H27NO2. The Bertz CT molecular complexity index is 636. The van der Waals surface area contributed by atoms with Gasteiger partial charge in [-0.1, -0.05) is 18.2 Å². The summed E-state index contributed by atoms with van der Waals surface area (Å²) in [7, 11) is 1.72. The van der Waals surface area contributed by atoms with E-state index < -0.39 is 0 Å². The quantitative estimate of drug-likeness (QED) is 0.912. The summed E-state index contributed by atoms with van der Waals surface area (Å²) in [6, 6.07) is 8.17. The molecule has 0 unspecified atom stereocenters. The minimum Gasteiger partial charge on any atom is -0.496 e. The standard InChI is InChI=1S/C21H27NO2/c1-24-18-5-3-2-4-17(18)21(6-7-21)22-20(23)19-15-9-13-8-14(11-15)12-16(19)10-13/h2-5,13-16,19H,6-12H2,1H3,(H,22,23). The minimum atomic E-state index is -0.168. The van der Waals surface area contributed by atoms with Crippen LogP contribution in [-0.4, -0.2) is 13.0 Å². The summed E-state index contributed by atoms with van der Waals surface area (Å²) in [5.74, 6) is 4.63. The Labute approximate surface area is 144 Å². The normalized spacial score (nSPS) is 38.0. The smallest absolute Gasteiger partial charge is 0.224 e. The lowest BCUT2D eigenvalue weighted by Crippen LogP contribution is -2.52. The van der Waals surface area contributed by atoms with E-state index in [1.807, 2.05) is 18.2 Å². The Morgan fingerprint density at radius 3 is 2.25 bits per heavy atom. The molecule has 0 aromatic heterocycles. The summed E-state index contributed by atoms with van der Waals surface area (Å²) in [4.78, 5) is 13.2. The van der Waals surface area contributed by atoms with Gasteiger partial charge in [-0.2, -0.15) is 0 Å². The Hall–Kier alpha value is -1.51. The topological polar surface area (TPSA) is 38.3 Å². The fourth-order valence-electron chi connectivity index (χ4n) is 6.30. The van der Waals surface area contributed by atoms with Crippen molar-refractivity contribution in [3.63, 3.8) is 0 Å². The molecule has 4 bridgehead atoms. The number of methoxy groups -OCH3 is 1. The van der Waals surface area contributed by atoms with E-state index in [2.05, 4.69) is 11.4 Å². The molecule has 6 rings (SSSR count). The summed E-state index contributed by atoms with van der Waals surface area (Å²) in [6.07, 6.45) is 8.70.